The van der Waals surface area contributed by atoms with Gasteiger partial charge < -0.3 is 37.9 Å². The first-order valence-corrected chi connectivity index (χ1v) is 17.8. The van der Waals surface area contributed by atoms with Crippen molar-refractivity contribution in [3.8, 4) is 0 Å². The minimum Gasteiger partial charge on any atom is -0.374 e. The SMILES string of the molecule is c1cc(CC(c2ccc(COCC3CO3)cc2)(c2ccc(COCC3CO3)cc2)c2ccc(COCC3CO3)cc2)ccc1COCC1CO1. The number of epoxide rings is 4. The number of hydrogen-bond donors (Lipinski definition) is 0. The topological polar surface area (TPSA) is 87.0 Å². The summed E-state index contributed by atoms with van der Waals surface area (Å²) in [4.78, 5) is 0. The van der Waals surface area contributed by atoms with Gasteiger partial charge in [0.1, 0.15) is 24.4 Å². The molecule has 4 aromatic carbocycles. The largest absolute Gasteiger partial charge is 0.374 e. The molecule has 0 aromatic heterocycles. The normalized spacial score (nSPS) is 23.0. The second-order valence-corrected chi connectivity index (χ2v) is 13.9. The van der Waals surface area contributed by atoms with Crippen molar-refractivity contribution >= 4 is 0 Å². The van der Waals surface area contributed by atoms with Crippen molar-refractivity contribution in [2.45, 2.75) is 62.7 Å². The average molecular weight is 679 g/mol. The second kappa shape index (κ2) is 15.8. The predicted molar refractivity (Wildman–Crippen MR) is 187 cm³/mol. The van der Waals surface area contributed by atoms with Gasteiger partial charge in [0.2, 0.25) is 0 Å². The molecule has 0 N–H and O–H groups in total. The van der Waals surface area contributed by atoms with Crippen LogP contribution in [0.5, 0.6) is 0 Å². The third-order valence-electron chi connectivity index (χ3n) is 9.73. The molecule has 4 fully saturated rings. The van der Waals surface area contributed by atoms with Crippen molar-refractivity contribution in [3.05, 3.63) is 142 Å². The fraction of sp³-hybridized carbons (Fsp3) is 0.429. The molecule has 4 saturated heterocycles. The van der Waals surface area contributed by atoms with Crippen LogP contribution >= 0.6 is 0 Å². The molecule has 4 aliphatic rings. The summed E-state index contributed by atoms with van der Waals surface area (Å²) in [5.41, 5.74) is 8.99. The molecule has 8 nitrogen and oxygen atoms in total. The van der Waals surface area contributed by atoms with E-state index < -0.39 is 5.41 Å². The van der Waals surface area contributed by atoms with Crippen LogP contribution in [0.15, 0.2) is 97.1 Å². The molecule has 262 valence electrons. The van der Waals surface area contributed by atoms with E-state index in [2.05, 4.69) is 97.1 Å². The van der Waals surface area contributed by atoms with E-state index in [1.54, 1.807) is 0 Å². The van der Waals surface area contributed by atoms with Crippen LogP contribution in [-0.2, 0) is 76.2 Å². The van der Waals surface area contributed by atoms with E-state index in [-0.39, 0.29) is 24.4 Å². The van der Waals surface area contributed by atoms with Crippen molar-refractivity contribution in [1.82, 2.24) is 0 Å². The zero-order valence-corrected chi connectivity index (χ0v) is 28.5. The average Bonchev–Trinajstić information content (AvgIpc) is 3.95. The van der Waals surface area contributed by atoms with Gasteiger partial charge >= 0.3 is 0 Å². The molecule has 0 spiro atoms. The zero-order valence-electron chi connectivity index (χ0n) is 28.5. The Hall–Kier alpha value is -3.44. The molecule has 0 saturated carbocycles. The van der Waals surface area contributed by atoms with Crippen molar-refractivity contribution in [2.75, 3.05) is 52.9 Å². The molecule has 50 heavy (non-hydrogen) atoms. The molecule has 8 heteroatoms. The van der Waals surface area contributed by atoms with Crippen LogP contribution in [0.1, 0.15) is 44.5 Å². The molecule has 4 aliphatic heterocycles. The van der Waals surface area contributed by atoms with E-state index in [9.17, 15) is 0 Å². The lowest BCUT2D eigenvalue weighted by Gasteiger charge is -2.37. The molecule has 4 unspecified atom stereocenters. The molecule has 4 atom stereocenters. The second-order valence-electron chi connectivity index (χ2n) is 13.9. The number of benzene rings is 4. The molecule has 0 amide bonds. The summed E-state index contributed by atoms with van der Waals surface area (Å²) in [5, 5.41) is 0. The zero-order chi connectivity index (χ0) is 33.6. The molecular weight excluding hydrogens is 632 g/mol. The highest BCUT2D eigenvalue weighted by atomic mass is 16.6. The Kier molecular flexibility index (Phi) is 10.7. The van der Waals surface area contributed by atoms with Gasteiger partial charge in [-0.15, -0.1) is 0 Å². The number of hydrogen-bond acceptors (Lipinski definition) is 8. The lowest BCUT2D eigenvalue weighted by Crippen LogP contribution is -2.32. The van der Waals surface area contributed by atoms with Gasteiger partial charge in [0.15, 0.2) is 0 Å². The molecule has 0 radical (unpaired) electrons. The fourth-order valence-corrected chi connectivity index (χ4v) is 6.41. The van der Waals surface area contributed by atoms with Crippen molar-refractivity contribution in [2.24, 2.45) is 0 Å². The molecule has 4 heterocycles. The number of rotatable bonds is 21. The van der Waals surface area contributed by atoms with Gasteiger partial charge in [-0.2, -0.15) is 0 Å². The first-order chi connectivity index (χ1) is 24.7. The van der Waals surface area contributed by atoms with Gasteiger partial charge in [-0.05, 0) is 50.9 Å². The van der Waals surface area contributed by atoms with Crippen LogP contribution < -0.4 is 0 Å². The minimum atomic E-state index is -0.481. The van der Waals surface area contributed by atoms with E-state index in [1.807, 2.05) is 0 Å². The quantitative estimate of drug-likeness (QED) is 0.0793. The van der Waals surface area contributed by atoms with Gasteiger partial charge in [-0.25, -0.2) is 0 Å². The standard InChI is InChI=1S/C42H46O8/c1-3-31(18-43-22-38-26-47-38)4-2-30(1)17-42(35-11-5-32(6-12-35)19-44-23-39-27-48-39,36-13-7-33(8-14-36)20-45-24-40-28-49-40)37-15-9-34(10-16-37)21-46-25-41-29-50-41/h1-16,38-41H,17-29H2. The molecule has 0 aliphatic carbocycles. The third-order valence-corrected chi connectivity index (χ3v) is 9.73. The summed E-state index contributed by atoms with van der Waals surface area (Å²) in [6.45, 7) is 7.99. The van der Waals surface area contributed by atoms with Crippen LogP contribution in [0, 0.1) is 0 Å². The summed E-state index contributed by atoms with van der Waals surface area (Å²) in [6.07, 6.45) is 1.77. The third kappa shape index (κ3) is 9.26. The smallest absolute Gasteiger partial charge is 0.104 e. The summed E-state index contributed by atoms with van der Waals surface area (Å²) in [5.74, 6) is 0. The van der Waals surface area contributed by atoms with Crippen LogP contribution in [0.2, 0.25) is 0 Å². The van der Waals surface area contributed by atoms with Gasteiger partial charge in [0.25, 0.3) is 0 Å². The Balaban J connectivity index is 1.11. The maximum atomic E-state index is 5.94. The fourth-order valence-electron chi connectivity index (χ4n) is 6.41. The lowest BCUT2D eigenvalue weighted by molar-refractivity contribution is 0.104. The Morgan fingerprint density at radius 2 is 0.620 bits per heavy atom. The number of ether oxygens (including phenoxy) is 8. The monoisotopic (exact) mass is 678 g/mol. The van der Waals surface area contributed by atoms with Gasteiger partial charge in [0, 0.05) is 5.41 Å². The minimum absolute atomic E-state index is 0.248. The van der Waals surface area contributed by atoms with Crippen LogP contribution in [0.4, 0.5) is 0 Å². The van der Waals surface area contributed by atoms with Crippen molar-refractivity contribution in [3.63, 3.8) is 0 Å². The molecular formula is C42H46O8. The Morgan fingerprint density at radius 3 is 0.880 bits per heavy atom. The summed E-state index contributed by atoms with van der Waals surface area (Å²) < 4.78 is 45.0. The maximum absolute atomic E-state index is 5.94. The molecule has 8 rings (SSSR count). The van der Waals surface area contributed by atoms with Crippen LogP contribution in [0.25, 0.3) is 0 Å². The van der Waals surface area contributed by atoms with E-state index in [0.717, 1.165) is 55.1 Å². The maximum Gasteiger partial charge on any atom is 0.104 e. The van der Waals surface area contributed by atoms with Crippen molar-refractivity contribution in [1.29, 1.82) is 0 Å². The predicted octanol–water partition coefficient (Wildman–Crippen LogP) is 5.93. The van der Waals surface area contributed by atoms with E-state index in [1.165, 1.54) is 22.3 Å². The summed E-state index contributed by atoms with van der Waals surface area (Å²) >= 11 is 0. The van der Waals surface area contributed by atoms with Crippen molar-refractivity contribution < 1.29 is 37.9 Å². The van der Waals surface area contributed by atoms with Crippen LogP contribution in [0.3, 0.4) is 0 Å². The summed E-state index contributed by atoms with van der Waals surface area (Å²) in [7, 11) is 0. The van der Waals surface area contributed by atoms with E-state index in [4.69, 9.17) is 37.9 Å². The molecule has 4 aromatic rings. The van der Waals surface area contributed by atoms with E-state index >= 15 is 0 Å². The van der Waals surface area contributed by atoms with Gasteiger partial charge in [0.05, 0.1) is 79.3 Å². The Morgan fingerprint density at radius 1 is 0.380 bits per heavy atom. The summed E-state index contributed by atoms with van der Waals surface area (Å²) in [6, 6.07) is 35.7. The van der Waals surface area contributed by atoms with Crippen LogP contribution in [-0.4, -0.2) is 77.3 Å². The highest BCUT2D eigenvalue weighted by Crippen LogP contribution is 2.43. The van der Waals surface area contributed by atoms with E-state index in [0.29, 0.717) is 52.9 Å². The molecule has 0 bridgehead atoms. The Bertz CT molecular complexity index is 1490. The highest BCUT2D eigenvalue weighted by Gasteiger charge is 2.37. The first-order valence-electron chi connectivity index (χ1n) is 17.8. The first kappa shape index (κ1) is 33.7. The highest BCUT2D eigenvalue weighted by molar-refractivity contribution is 5.53. The Labute approximate surface area is 294 Å². The lowest BCUT2D eigenvalue weighted by atomic mass is 9.65. The van der Waals surface area contributed by atoms with Gasteiger partial charge in [-0.1, -0.05) is 97.1 Å². The van der Waals surface area contributed by atoms with Gasteiger partial charge in [-0.3, -0.25) is 0 Å².